The number of anilines is 2. The fourth-order valence-corrected chi connectivity index (χ4v) is 4.94. The first kappa shape index (κ1) is 23.6. The first-order chi connectivity index (χ1) is 17.2. The van der Waals surface area contributed by atoms with E-state index in [1.54, 1.807) is 29.2 Å². The number of nitrogens with two attached hydrogens (primary N) is 2. The molecule has 3 aromatic rings. The van der Waals surface area contributed by atoms with Crippen LogP contribution in [0.3, 0.4) is 0 Å². The lowest BCUT2D eigenvalue weighted by atomic mass is 10.0. The first-order valence-corrected chi connectivity index (χ1v) is 11.7. The van der Waals surface area contributed by atoms with Gasteiger partial charge < -0.3 is 36.1 Å². The molecule has 0 bridgehead atoms. The highest BCUT2D eigenvalue weighted by atomic mass is 19.1. The van der Waals surface area contributed by atoms with Crippen LogP contribution in [0.15, 0.2) is 35.3 Å². The van der Waals surface area contributed by atoms with Gasteiger partial charge >= 0.3 is 5.97 Å². The van der Waals surface area contributed by atoms with Gasteiger partial charge in [-0.05, 0) is 25.0 Å². The van der Waals surface area contributed by atoms with Crippen LogP contribution in [0.4, 0.5) is 15.8 Å². The summed E-state index contributed by atoms with van der Waals surface area (Å²) in [6.45, 7) is 2.62. The number of hydrogen-bond acceptors (Lipinski definition) is 7. The number of nitrogens with zero attached hydrogens (tertiary/aromatic N) is 2. The summed E-state index contributed by atoms with van der Waals surface area (Å²) in [6.07, 6.45) is 3.09. The third kappa shape index (κ3) is 3.63. The SMILES string of the molecule is CCC[C@H](N)C(=O)NC1CCN(c2c(F)c(N)c3c(=O)c(C(=O)O)cn4c3c2Oc2ccccc2-4)C1. The molecule has 2 atom stereocenters. The molecular weight excluding hydrogens is 469 g/mol. The Bertz CT molecular complexity index is 1470. The van der Waals surface area contributed by atoms with Crippen LogP contribution in [0.1, 0.15) is 36.5 Å². The van der Waals surface area contributed by atoms with Gasteiger partial charge in [-0.15, -0.1) is 0 Å². The lowest BCUT2D eigenvalue weighted by molar-refractivity contribution is -0.123. The summed E-state index contributed by atoms with van der Waals surface area (Å²) < 4.78 is 23.5. The van der Waals surface area contributed by atoms with E-state index in [1.165, 1.54) is 10.8 Å². The highest BCUT2D eigenvalue weighted by Crippen LogP contribution is 2.49. The van der Waals surface area contributed by atoms with E-state index in [0.717, 1.165) is 6.42 Å². The smallest absolute Gasteiger partial charge is 0.341 e. The second-order valence-electron chi connectivity index (χ2n) is 9.08. The van der Waals surface area contributed by atoms with E-state index in [4.69, 9.17) is 16.2 Å². The van der Waals surface area contributed by atoms with Crippen LogP contribution in [-0.2, 0) is 4.79 Å². The number of aromatic nitrogens is 1. The molecule has 0 spiro atoms. The molecule has 36 heavy (non-hydrogen) atoms. The Hall–Kier alpha value is -4.12. The summed E-state index contributed by atoms with van der Waals surface area (Å²) in [5.74, 6) is -2.15. The van der Waals surface area contributed by atoms with Crippen molar-refractivity contribution < 1.29 is 23.8 Å². The molecule has 6 N–H and O–H groups in total. The van der Waals surface area contributed by atoms with E-state index in [-0.39, 0.29) is 40.8 Å². The lowest BCUT2D eigenvalue weighted by Crippen LogP contribution is -2.46. The molecule has 188 valence electrons. The van der Waals surface area contributed by atoms with Crippen molar-refractivity contribution in [3.05, 3.63) is 52.1 Å². The number of nitrogen functional groups attached to an aromatic ring is 1. The Morgan fingerprint density at radius 3 is 2.81 bits per heavy atom. The maximum Gasteiger partial charge on any atom is 0.341 e. The molecule has 1 amide bonds. The number of para-hydroxylation sites is 2. The molecule has 0 saturated carbocycles. The number of amides is 1. The summed E-state index contributed by atoms with van der Waals surface area (Å²) in [5, 5.41) is 12.3. The van der Waals surface area contributed by atoms with Gasteiger partial charge in [-0.2, -0.15) is 0 Å². The van der Waals surface area contributed by atoms with Gasteiger partial charge in [0.1, 0.15) is 16.8 Å². The molecule has 0 aliphatic carbocycles. The first-order valence-electron chi connectivity index (χ1n) is 11.7. The predicted octanol–water partition coefficient (Wildman–Crippen LogP) is 2.34. The Morgan fingerprint density at radius 1 is 1.33 bits per heavy atom. The molecule has 5 rings (SSSR count). The van der Waals surface area contributed by atoms with Gasteiger partial charge in [-0.25, -0.2) is 9.18 Å². The number of carboxylic acids is 1. The van der Waals surface area contributed by atoms with Gasteiger partial charge in [0.2, 0.25) is 11.3 Å². The molecule has 1 unspecified atom stereocenters. The fraction of sp³-hybridized carbons (Fsp3) is 0.320. The van der Waals surface area contributed by atoms with Crippen molar-refractivity contribution in [2.45, 2.75) is 38.3 Å². The molecule has 11 heteroatoms. The van der Waals surface area contributed by atoms with Gasteiger partial charge in [0.05, 0.1) is 22.8 Å². The summed E-state index contributed by atoms with van der Waals surface area (Å²) in [4.78, 5) is 39.0. The van der Waals surface area contributed by atoms with Crippen molar-refractivity contribution in [3.63, 3.8) is 0 Å². The topological polar surface area (TPSA) is 153 Å². The van der Waals surface area contributed by atoms with Gasteiger partial charge in [0.15, 0.2) is 17.3 Å². The van der Waals surface area contributed by atoms with Gasteiger partial charge in [0.25, 0.3) is 0 Å². The number of nitrogens with one attached hydrogen (secondary N) is 1. The van der Waals surface area contributed by atoms with E-state index in [0.29, 0.717) is 30.8 Å². The number of halogens is 1. The second-order valence-corrected chi connectivity index (χ2v) is 9.08. The number of hydrogen-bond donors (Lipinski definition) is 4. The number of carbonyl (C=O) groups excluding carboxylic acids is 1. The minimum atomic E-state index is -1.44. The Kier molecular flexibility index (Phi) is 5.79. The summed E-state index contributed by atoms with van der Waals surface area (Å²) in [7, 11) is 0. The van der Waals surface area contributed by atoms with Crippen LogP contribution in [0.2, 0.25) is 0 Å². The molecule has 1 saturated heterocycles. The van der Waals surface area contributed by atoms with Crippen LogP contribution >= 0.6 is 0 Å². The van der Waals surface area contributed by atoms with Crippen LogP contribution < -0.4 is 31.8 Å². The Balaban J connectivity index is 1.64. The van der Waals surface area contributed by atoms with Gasteiger partial charge in [0, 0.05) is 25.3 Å². The van der Waals surface area contributed by atoms with E-state index in [1.807, 2.05) is 6.92 Å². The highest BCUT2D eigenvalue weighted by Gasteiger charge is 2.35. The number of ether oxygens (including phenoxy) is 1. The summed E-state index contributed by atoms with van der Waals surface area (Å²) in [5.41, 5.74) is 10.9. The Morgan fingerprint density at radius 2 is 2.08 bits per heavy atom. The van der Waals surface area contributed by atoms with Gasteiger partial charge in [-0.1, -0.05) is 25.5 Å². The van der Waals surface area contributed by atoms with E-state index < -0.39 is 34.5 Å². The number of benzene rings is 2. The zero-order valence-corrected chi connectivity index (χ0v) is 19.6. The number of aromatic carboxylic acids is 1. The number of pyridine rings is 1. The molecule has 1 aromatic heterocycles. The average Bonchev–Trinajstić information content (AvgIpc) is 3.30. The van der Waals surface area contributed by atoms with E-state index in [9.17, 15) is 19.5 Å². The Labute approximate surface area is 205 Å². The number of fused-ring (bicyclic) bond motifs is 2. The third-order valence-electron chi connectivity index (χ3n) is 6.71. The largest absolute Gasteiger partial charge is 0.477 e. The number of carbonyl (C=O) groups is 2. The maximum absolute atomic E-state index is 15.8. The summed E-state index contributed by atoms with van der Waals surface area (Å²) >= 11 is 0. The number of carboxylic acid groups (broad SMARTS) is 1. The van der Waals surface area contributed by atoms with Gasteiger partial charge in [-0.3, -0.25) is 9.59 Å². The van der Waals surface area contributed by atoms with Crippen molar-refractivity contribution in [3.8, 4) is 17.2 Å². The van der Waals surface area contributed by atoms with Crippen molar-refractivity contribution in [2.24, 2.45) is 5.73 Å². The predicted molar refractivity (Wildman–Crippen MR) is 133 cm³/mol. The molecule has 2 aliphatic heterocycles. The van der Waals surface area contributed by atoms with E-state index in [2.05, 4.69) is 5.32 Å². The normalized spacial score (nSPS) is 17.0. The standard InChI is InChI=1S/C25H26FN5O5/c1-2-5-14(27)24(33)29-12-8-9-30(10-12)21-18(26)19(28)17-20-23(21)36-16-7-4-3-6-15(16)31(20)11-13(22(17)32)25(34)35/h3-4,6-7,11-12,14H,2,5,8-10,27-28H2,1H3,(H,29,33)(H,34,35)/t12?,14-/m0/s1. The highest BCUT2D eigenvalue weighted by molar-refractivity contribution is 6.05. The van der Waals surface area contributed by atoms with E-state index >= 15 is 4.39 Å². The minimum Gasteiger partial charge on any atom is -0.477 e. The van der Waals surface area contributed by atoms with Crippen LogP contribution in [0.25, 0.3) is 16.6 Å². The second kappa shape index (κ2) is 8.83. The van der Waals surface area contributed by atoms with Crippen LogP contribution in [0, 0.1) is 5.82 Å². The van der Waals surface area contributed by atoms with Crippen molar-refractivity contribution in [1.82, 2.24) is 9.88 Å². The molecule has 0 radical (unpaired) electrons. The zero-order chi connectivity index (χ0) is 25.7. The quantitative estimate of drug-likeness (QED) is 0.297. The molecular formula is C25H26FN5O5. The average molecular weight is 496 g/mol. The minimum absolute atomic E-state index is 0.0559. The third-order valence-corrected chi connectivity index (χ3v) is 6.71. The van der Waals surface area contributed by atoms with Crippen molar-refractivity contribution >= 4 is 34.2 Å². The van der Waals surface area contributed by atoms with Crippen LogP contribution in [0.5, 0.6) is 11.5 Å². The lowest BCUT2D eigenvalue weighted by Gasteiger charge is -2.30. The monoisotopic (exact) mass is 495 g/mol. The fourth-order valence-electron chi connectivity index (χ4n) is 4.94. The summed E-state index contributed by atoms with van der Waals surface area (Å²) in [6, 6.07) is 5.96. The molecule has 1 fully saturated rings. The molecule has 2 aromatic carbocycles. The zero-order valence-electron chi connectivity index (χ0n) is 19.6. The maximum atomic E-state index is 15.8. The number of rotatable bonds is 6. The molecule has 10 nitrogen and oxygen atoms in total. The molecule has 3 heterocycles. The molecule has 2 aliphatic rings. The van der Waals surface area contributed by atoms with Crippen LogP contribution in [-0.4, -0.2) is 46.7 Å². The van der Waals surface area contributed by atoms with Crippen molar-refractivity contribution in [2.75, 3.05) is 23.7 Å². The van der Waals surface area contributed by atoms with Crippen molar-refractivity contribution in [1.29, 1.82) is 0 Å².